The first kappa shape index (κ1) is 22.0. The number of aliphatic carboxylic acids is 1. The highest BCUT2D eigenvalue weighted by Crippen LogP contribution is 2.19. The number of carboxylic acid groups (broad SMARTS) is 1. The second kappa shape index (κ2) is 9.00. The Labute approximate surface area is 178 Å². The van der Waals surface area contributed by atoms with Crippen molar-refractivity contribution in [1.29, 1.82) is 0 Å². The van der Waals surface area contributed by atoms with Gasteiger partial charge in [0.1, 0.15) is 11.6 Å². The molecule has 2 atom stereocenters. The number of aromatic amines is 2. The average Bonchev–Trinajstić information content (AvgIpc) is 3.37. The lowest BCUT2D eigenvalue weighted by molar-refractivity contribution is -0.143. The number of fused-ring (bicyclic) bond motifs is 1. The van der Waals surface area contributed by atoms with Crippen LogP contribution in [-0.4, -0.2) is 55.5 Å². The Balaban J connectivity index is 1.61. The lowest BCUT2D eigenvalue weighted by atomic mass is 10.00. The summed E-state index contributed by atoms with van der Waals surface area (Å²) in [5.41, 5.74) is 7.12. The molecule has 2 aromatic heterocycles. The minimum Gasteiger partial charge on any atom is -0.480 e. The molecule has 3 rings (SSSR count). The molecule has 0 fully saturated rings. The van der Waals surface area contributed by atoms with Gasteiger partial charge in [0.15, 0.2) is 0 Å². The normalized spacial score (nSPS) is 13.5. The summed E-state index contributed by atoms with van der Waals surface area (Å²) in [5.74, 6) is -2.33. The van der Waals surface area contributed by atoms with Crippen LogP contribution in [0.3, 0.4) is 0 Å². The van der Waals surface area contributed by atoms with E-state index in [4.69, 9.17) is 5.73 Å². The number of carbonyl (C=O) groups is 3. The fourth-order valence-electron chi connectivity index (χ4n) is 3.24. The van der Waals surface area contributed by atoms with E-state index in [2.05, 4.69) is 25.6 Å². The summed E-state index contributed by atoms with van der Waals surface area (Å²) >= 11 is 0. The summed E-state index contributed by atoms with van der Waals surface area (Å²) in [4.78, 5) is 46.7. The maximum absolute atomic E-state index is 12.7. The molecule has 0 spiro atoms. The van der Waals surface area contributed by atoms with Crippen LogP contribution in [-0.2, 0) is 27.2 Å². The quantitative estimate of drug-likeness (QED) is 0.291. The second-order valence-electron chi connectivity index (χ2n) is 7.93. The molecule has 10 nitrogen and oxygen atoms in total. The first-order chi connectivity index (χ1) is 14.7. The SMILES string of the molecule is CC(C)(NC(=O)[C@@H](N)Cc1c[nH]c2ccccc12)C(=O)N[C@@H](Cc1cnc[nH]1)C(=O)O. The van der Waals surface area contributed by atoms with Crippen molar-refractivity contribution in [2.24, 2.45) is 5.73 Å². The Hall–Kier alpha value is -3.66. The van der Waals surface area contributed by atoms with Crippen LogP contribution >= 0.6 is 0 Å². The van der Waals surface area contributed by atoms with Gasteiger partial charge in [-0.15, -0.1) is 0 Å². The summed E-state index contributed by atoms with van der Waals surface area (Å²) in [6.07, 6.45) is 5.03. The Morgan fingerprint density at radius 1 is 1.19 bits per heavy atom. The largest absolute Gasteiger partial charge is 0.480 e. The van der Waals surface area contributed by atoms with Crippen LogP contribution in [0.1, 0.15) is 25.1 Å². The average molecular weight is 426 g/mol. The van der Waals surface area contributed by atoms with Crippen LogP contribution in [0.2, 0.25) is 0 Å². The van der Waals surface area contributed by atoms with Gasteiger partial charge in [-0.1, -0.05) is 18.2 Å². The van der Waals surface area contributed by atoms with Crippen LogP contribution in [0.15, 0.2) is 43.0 Å². The third-order valence-corrected chi connectivity index (χ3v) is 5.04. The molecule has 0 radical (unpaired) electrons. The van der Waals surface area contributed by atoms with E-state index >= 15 is 0 Å². The van der Waals surface area contributed by atoms with Gasteiger partial charge in [-0.25, -0.2) is 9.78 Å². The molecule has 31 heavy (non-hydrogen) atoms. The number of nitrogens with two attached hydrogens (primary N) is 1. The van der Waals surface area contributed by atoms with Crippen molar-refractivity contribution in [3.8, 4) is 0 Å². The van der Waals surface area contributed by atoms with Crippen LogP contribution in [0.4, 0.5) is 0 Å². The minimum atomic E-state index is -1.36. The first-order valence-electron chi connectivity index (χ1n) is 9.81. The van der Waals surface area contributed by atoms with Crippen LogP contribution in [0.5, 0.6) is 0 Å². The Morgan fingerprint density at radius 2 is 1.94 bits per heavy atom. The van der Waals surface area contributed by atoms with Gasteiger partial charge < -0.3 is 31.4 Å². The zero-order chi connectivity index (χ0) is 22.6. The van der Waals surface area contributed by atoms with E-state index in [0.29, 0.717) is 5.69 Å². The molecule has 0 aliphatic carbocycles. The van der Waals surface area contributed by atoms with Crippen LogP contribution in [0, 0.1) is 0 Å². The van der Waals surface area contributed by atoms with E-state index in [-0.39, 0.29) is 12.8 Å². The molecule has 0 saturated heterocycles. The maximum atomic E-state index is 12.7. The summed E-state index contributed by atoms with van der Waals surface area (Å²) in [5, 5.41) is 15.5. The van der Waals surface area contributed by atoms with Gasteiger partial charge >= 0.3 is 5.97 Å². The molecule has 2 heterocycles. The molecular weight excluding hydrogens is 400 g/mol. The highest BCUT2D eigenvalue weighted by atomic mass is 16.4. The fraction of sp³-hybridized carbons (Fsp3) is 0.333. The number of benzene rings is 1. The Bertz CT molecular complexity index is 1070. The number of para-hydroxylation sites is 1. The van der Waals surface area contributed by atoms with E-state index in [0.717, 1.165) is 16.5 Å². The van der Waals surface area contributed by atoms with Crippen molar-refractivity contribution in [3.63, 3.8) is 0 Å². The molecule has 1 aromatic carbocycles. The molecule has 3 aromatic rings. The van der Waals surface area contributed by atoms with E-state index in [1.165, 1.54) is 26.4 Å². The van der Waals surface area contributed by atoms with Gasteiger partial charge in [-0.05, 0) is 31.9 Å². The van der Waals surface area contributed by atoms with E-state index in [1.54, 1.807) is 0 Å². The van der Waals surface area contributed by atoms with Crippen molar-refractivity contribution >= 4 is 28.7 Å². The molecule has 0 aliphatic heterocycles. The van der Waals surface area contributed by atoms with Gasteiger partial charge in [-0.2, -0.15) is 0 Å². The molecule has 0 saturated carbocycles. The summed E-state index contributed by atoms with van der Waals surface area (Å²) in [6, 6.07) is 5.62. The molecule has 2 amide bonds. The zero-order valence-corrected chi connectivity index (χ0v) is 17.3. The highest BCUT2D eigenvalue weighted by molar-refractivity contribution is 5.94. The number of nitrogens with one attached hydrogen (secondary N) is 4. The van der Waals surface area contributed by atoms with E-state index in [1.807, 2.05) is 30.5 Å². The van der Waals surface area contributed by atoms with Gasteiger partial charge in [0.05, 0.1) is 12.4 Å². The molecule has 0 bridgehead atoms. The number of rotatable bonds is 9. The molecule has 164 valence electrons. The number of H-pyrrole nitrogens is 2. The van der Waals surface area contributed by atoms with Crippen molar-refractivity contribution in [2.75, 3.05) is 0 Å². The topological polar surface area (TPSA) is 166 Å². The number of carbonyl (C=O) groups excluding carboxylic acids is 2. The number of aromatic nitrogens is 3. The van der Waals surface area contributed by atoms with Crippen LogP contribution < -0.4 is 16.4 Å². The van der Waals surface area contributed by atoms with Crippen molar-refractivity contribution in [2.45, 2.75) is 44.3 Å². The number of imidazole rings is 1. The number of amides is 2. The van der Waals surface area contributed by atoms with Crippen molar-refractivity contribution in [1.82, 2.24) is 25.6 Å². The third-order valence-electron chi connectivity index (χ3n) is 5.04. The maximum Gasteiger partial charge on any atom is 0.326 e. The number of hydrogen-bond acceptors (Lipinski definition) is 5. The molecule has 7 N–H and O–H groups in total. The van der Waals surface area contributed by atoms with E-state index < -0.39 is 35.4 Å². The lowest BCUT2D eigenvalue weighted by Crippen LogP contribution is -2.60. The van der Waals surface area contributed by atoms with Crippen molar-refractivity contribution in [3.05, 3.63) is 54.2 Å². The fourth-order valence-corrected chi connectivity index (χ4v) is 3.24. The minimum absolute atomic E-state index is 0.0329. The first-order valence-corrected chi connectivity index (χ1v) is 9.81. The molecular formula is C21H26N6O4. The smallest absolute Gasteiger partial charge is 0.326 e. The second-order valence-corrected chi connectivity index (χ2v) is 7.93. The predicted octanol–water partition coefficient (Wildman–Crippen LogP) is 0.468. The monoisotopic (exact) mass is 426 g/mol. The van der Waals surface area contributed by atoms with Crippen molar-refractivity contribution < 1.29 is 19.5 Å². The van der Waals surface area contributed by atoms with Gasteiger partial charge in [0, 0.05) is 35.4 Å². The number of hydrogen-bond donors (Lipinski definition) is 6. The molecule has 10 heteroatoms. The standard InChI is InChI=1S/C21H26N6O4/c1-21(2,20(31)26-17(19(29)30)8-13-10-23-11-25-13)27-18(28)15(22)7-12-9-24-16-6-4-3-5-14(12)16/h3-6,9-11,15,17,24H,7-8,22H2,1-2H3,(H,23,25)(H,26,31)(H,27,28)(H,29,30)/t15-,17-/m0/s1. The zero-order valence-electron chi connectivity index (χ0n) is 17.3. The lowest BCUT2D eigenvalue weighted by Gasteiger charge is -2.28. The highest BCUT2D eigenvalue weighted by Gasteiger charge is 2.34. The van der Waals surface area contributed by atoms with Gasteiger partial charge in [-0.3, -0.25) is 9.59 Å². The number of carboxylic acids is 1. The van der Waals surface area contributed by atoms with Gasteiger partial charge in [0.25, 0.3) is 0 Å². The van der Waals surface area contributed by atoms with Crippen LogP contribution in [0.25, 0.3) is 10.9 Å². The Kier molecular flexibility index (Phi) is 6.40. The summed E-state index contributed by atoms with van der Waals surface area (Å²) in [7, 11) is 0. The van der Waals surface area contributed by atoms with Gasteiger partial charge in [0.2, 0.25) is 11.8 Å². The predicted molar refractivity (Wildman–Crippen MR) is 114 cm³/mol. The number of nitrogens with zero attached hydrogens (tertiary/aromatic N) is 1. The summed E-state index contributed by atoms with van der Waals surface area (Å²) in [6.45, 7) is 2.99. The third kappa shape index (κ3) is 5.28. The molecule has 0 aliphatic rings. The van der Waals surface area contributed by atoms with E-state index in [9.17, 15) is 19.5 Å². The Morgan fingerprint density at radius 3 is 2.61 bits per heavy atom. The summed E-state index contributed by atoms with van der Waals surface area (Å²) < 4.78 is 0. The molecule has 0 unspecified atom stereocenters.